The van der Waals surface area contributed by atoms with Crippen molar-refractivity contribution in [2.24, 2.45) is 0 Å². The molecule has 0 saturated heterocycles. The Kier molecular flexibility index (Phi) is 4.39. The minimum absolute atomic E-state index is 0.325. The van der Waals surface area contributed by atoms with Crippen LogP contribution in [-0.2, 0) is 0 Å². The molecule has 1 amide bonds. The molecule has 1 heterocycles. The van der Waals surface area contributed by atoms with Crippen LogP contribution in [0.3, 0.4) is 0 Å². The summed E-state index contributed by atoms with van der Waals surface area (Å²) in [6, 6.07) is 8.34. The largest absolute Gasteiger partial charge is 0.496 e. The van der Waals surface area contributed by atoms with Crippen LogP contribution in [0.25, 0.3) is 0 Å². The number of rotatable bonds is 3. The van der Waals surface area contributed by atoms with Crippen LogP contribution in [0.2, 0.25) is 5.02 Å². The molecule has 19 heavy (non-hydrogen) atoms. The van der Waals surface area contributed by atoms with E-state index in [-0.39, 0.29) is 5.91 Å². The van der Waals surface area contributed by atoms with E-state index < -0.39 is 0 Å². The molecule has 0 fully saturated rings. The predicted molar refractivity (Wildman–Crippen MR) is 77.9 cm³/mol. The van der Waals surface area contributed by atoms with E-state index >= 15 is 0 Å². The summed E-state index contributed by atoms with van der Waals surface area (Å²) in [5.74, 6) is 0.586. The van der Waals surface area contributed by atoms with Crippen LogP contribution >= 0.6 is 27.5 Å². The first-order valence-corrected chi connectivity index (χ1v) is 6.53. The number of amides is 1. The predicted octanol–water partition coefficient (Wildman–Crippen LogP) is 3.76. The Balaban J connectivity index is 2.24. The van der Waals surface area contributed by atoms with E-state index in [1.54, 1.807) is 36.5 Å². The normalized spacial score (nSPS) is 10.1. The number of benzene rings is 1. The second-order valence-corrected chi connectivity index (χ2v) is 5.01. The highest BCUT2D eigenvalue weighted by molar-refractivity contribution is 9.10. The first kappa shape index (κ1) is 13.8. The molecule has 1 aromatic carbocycles. The van der Waals surface area contributed by atoms with Crippen LogP contribution in [0.5, 0.6) is 5.75 Å². The van der Waals surface area contributed by atoms with Gasteiger partial charge in [0, 0.05) is 15.7 Å². The van der Waals surface area contributed by atoms with Crippen molar-refractivity contribution in [3.63, 3.8) is 0 Å². The quantitative estimate of drug-likeness (QED) is 0.925. The SMILES string of the molecule is COc1ccc(Cl)cc1C(=O)Nc1ccc(Br)cn1. The molecular formula is C13H10BrClN2O2. The number of hydrogen-bond acceptors (Lipinski definition) is 3. The highest BCUT2D eigenvalue weighted by Crippen LogP contribution is 2.23. The van der Waals surface area contributed by atoms with Crippen molar-refractivity contribution in [1.82, 2.24) is 4.98 Å². The lowest BCUT2D eigenvalue weighted by Gasteiger charge is -2.09. The van der Waals surface area contributed by atoms with Crippen molar-refractivity contribution in [3.05, 3.63) is 51.6 Å². The Labute approximate surface area is 123 Å². The van der Waals surface area contributed by atoms with Gasteiger partial charge in [0.05, 0.1) is 12.7 Å². The number of halogens is 2. The number of nitrogens with one attached hydrogen (secondary N) is 1. The zero-order chi connectivity index (χ0) is 13.8. The number of pyridine rings is 1. The number of aromatic nitrogens is 1. The molecule has 1 aromatic heterocycles. The molecule has 0 spiro atoms. The minimum Gasteiger partial charge on any atom is -0.496 e. The van der Waals surface area contributed by atoms with Crippen LogP contribution in [0, 0.1) is 0 Å². The molecule has 0 aliphatic carbocycles. The summed E-state index contributed by atoms with van der Waals surface area (Å²) >= 11 is 9.16. The van der Waals surface area contributed by atoms with Crippen LogP contribution in [0.1, 0.15) is 10.4 Å². The van der Waals surface area contributed by atoms with Crippen LogP contribution in [-0.4, -0.2) is 18.0 Å². The summed E-state index contributed by atoms with van der Waals surface area (Å²) in [7, 11) is 1.50. The summed E-state index contributed by atoms with van der Waals surface area (Å²) in [5.41, 5.74) is 0.361. The van der Waals surface area contributed by atoms with Crippen molar-refractivity contribution >= 4 is 39.3 Å². The summed E-state index contributed by atoms with van der Waals surface area (Å²) in [6.07, 6.45) is 1.60. The van der Waals surface area contributed by atoms with Gasteiger partial charge in [-0.05, 0) is 46.3 Å². The summed E-state index contributed by atoms with van der Waals surface area (Å²) in [5, 5.41) is 3.15. The fraction of sp³-hybridized carbons (Fsp3) is 0.0769. The Hall–Kier alpha value is -1.59. The van der Waals surface area contributed by atoms with E-state index in [9.17, 15) is 4.79 Å². The topological polar surface area (TPSA) is 51.2 Å². The van der Waals surface area contributed by atoms with Crippen molar-refractivity contribution in [3.8, 4) is 5.75 Å². The molecule has 0 atom stereocenters. The molecule has 98 valence electrons. The summed E-state index contributed by atoms with van der Waals surface area (Å²) in [4.78, 5) is 16.2. The van der Waals surface area contributed by atoms with Gasteiger partial charge in [0.1, 0.15) is 11.6 Å². The van der Waals surface area contributed by atoms with Gasteiger partial charge in [0.25, 0.3) is 5.91 Å². The molecule has 6 heteroatoms. The Bertz CT molecular complexity index is 602. The third kappa shape index (κ3) is 3.45. The number of anilines is 1. The fourth-order valence-electron chi connectivity index (χ4n) is 1.49. The molecule has 1 N–H and O–H groups in total. The van der Waals surface area contributed by atoms with Crippen molar-refractivity contribution in [1.29, 1.82) is 0 Å². The second-order valence-electron chi connectivity index (χ2n) is 3.66. The van der Waals surface area contributed by atoms with Gasteiger partial charge in [-0.3, -0.25) is 4.79 Å². The van der Waals surface area contributed by atoms with Gasteiger partial charge >= 0.3 is 0 Å². The van der Waals surface area contributed by atoms with Gasteiger partial charge in [-0.15, -0.1) is 0 Å². The number of ether oxygens (including phenoxy) is 1. The number of hydrogen-bond donors (Lipinski definition) is 1. The molecule has 4 nitrogen and oxygen atoms in total. The molecule has 0 saturated carbocycles. The minimum atomic E-state index is -0.325. The van der Waals surface area contributed by atoms with E-state index in [0.717, 1.165) is 4.47 Å². The molecule has 0 bridgehead atoms. The van der Waals surface area contributed by atoms with Crippen LogP contribution in [0.15, 0.2) is 41.0 Å². The van der Waals surface area contributed by atoms with E-state index in [0.29, 0.717) is 22.2 Å². The number of methoxy groups -OCH3 is 1. The molecule has 0 unspecified atom stereocenters. The molecule has 0 radical (unpaired) electrons. The molecule has 2 aromatic rings. The van der Waals surface area contributed by atoms with Gasteiger partial charge in [-0.1, -0.05) is 11.6 Å². The van der Waals surface area contributed by atoms with Crippen molar-refractivity contribution in [2.45, 2.75) is 0 Å². The molecule has 0 aliphatic rings. The first-order chi connectivity index (χ1) is 9.10. The zero-order valence-electron chi connectivity index (χ0n) is 9.98. The highest BCUT2D eigenvalue weighted by Gasteiger charge is 2.13. The van der Waals surface area contributed by atoms with Gasteiger partial charge < -0.3 is 10.1 Å². The van der Waals surface area contributed by atoms with Gasteiger partial charge in [0.2, 0.25) is 0 Å². The average molecular weight is 342 g/mol. The smallest absolute Gasteiger partial charge is 0.260 e. The van der Waals surface area contributed by atoms with Gasteiger partial charge in [-0.2, -0.15) is 0 Å². The highest BCUT2D eigenvalue weighted by atomic mass is 79.9. The summed E-state index contributed by atoms with van der Waals surface area (Å²) in [6.45, 7) is 0. The van der Waals surface area contributed by atoms with E-state index in [2.05, 4.69) is 26.2 Å². The fourth-order valence-corrected chi connectivity index (χ4v) is 1.90. The first-order valence-electron chi connectivity index (χ1n) is 5.36. The second kappa shape index (κ2) is 6.04. The Morgan fingerprint density at radius 2 is 2.16 bits per heavy atom. The average Bonchev–Trinajstić information content (AvgIpc) is 2.41. The lowest BCUT2D eigenvalue weighted by molar-refractivity contribution is 0.102. The lowest BCUT2D eigenvalue weighted by Crippen LogP contribution is -2.14. The lowest BCUT2D eigenvalue weighted by atomic mass is 10.2. The zero-order valence-corrected chi connectivity index (χ0v) is 12.3. The van der Waals surface area contributed by atoms with E-state index in [1.807, 2.05) is 0 Å². The standard InChI is InChI=1S/C13H10BrClN2O2/c1-19-11-4-3-9(15)6-10(11)13(18)17-12-5-2-8(14)7-16-12/h2-7H,1H3,(H,16,17,18). The molecule has 0 aliphatic heterocycles. The maximum Gasteiger partial charge on any atom is 0.260 e. The van der Waals surface area contributed by atoms with E-state index in [1.165, 1.54) is 7.11 Å². The number of carbonyl (C=O) groups excluding carboxylic acids is 1. The van der Waals surface area contributed by atoms with Gasteiger partial charge in [0.15, 0.2) is 0 Å². The van der Waals surface area contributed by atoms with Crippen LogP contribution < -0.4 is 10.1 Å². The molecular weight excluding hydrogens is 332 g/mol. The maximum absolute atomic E-state index is 12.1. The number of carbonyl (C=O) groups is 1. The monoisotopic (exact) mass is 340 g/mol. The van der Waals surface area contributed by atoms with Crippen molar-refractivity contribution < 1.29 is 9.53 Å². The third-order valence-corrected chi connectivity index (χ3v) is 3.08. The van der Waals surface area contributed by atoms with Crippen molar-refractivity contribution in [2.75, 3.05) is 12.4 Å². The Morgan fingerprint density at radius 1 is 1.37 bits per heavy atom. The van der Waals surface area contributed by atoms with E-state index in [4.69, 9.17) is 16.3 Å². The summed E-state index contributed by atoms with van der Waals surface area (Å²) < 4.78 is 5.97. The number of nitrogens with zero attached hydrogens (tertiary/aromatic N) is 1. The molecule has 2 rings (SSSR count). The Morgan fingerprint density at radius 3 is 2.79 bits per heavy atom. The third-order valence-electron chi connectivity index (χ3n) is 2.38. The van der Waals surface area contributed by atoms with Gasteiger partial charge in [-0.25, -0.2) is 4.98 Å². The van der Waals surface area contributed by atoms with Crippen LogP contribution in [0.4, 0.5) is 5.82 Å². The maximum atomic E-state index is 12.1.